The highest BCUT2D eigenvalue weighted by molar-refractivity contribution is 7.80. The minimum atomic E-state index is 0.489. The molecule has 76 valence electrons. The lowest BCUT2D eigenvalue weighted by Crippen LogP contribution is -2.20. The molecular formula is C11H16N2S. The van der Waals surface area contributed by atoms with E-state index in [2.05, 4.69) is 25.2 Å². The molecule has 0 spiro atoms. The molecule has 0 aromatic heterocycles. The van der Waals surface area contributed by atoms with Gasteiger partial charge in [-0.15, -0.1) is 0 Å². The highest BCUT2D eigenvalue weighted by atomic mass is 32.1. The predicted molar refractivity (Wildman–Crippen MR) is 65.8 cm³/mol. The fourth-order valence-corrected chi connectivity index (χ4v) is 1.42. The normalized spacial score (nSPS) is 10.2. The van der Waals surface area contributed by atoms with Crippen LogP contribution in [0.2, 0.25) is 0 Å². The van der Waals surface area contributed by atoms with E-state index < -0.39 is 0 Å². The monoisotopic (exact) mass is 208 g/mol. The van der Waals surface area contributed by atoms with Crippen LogP contribution in [0.1, 0.15) is 25.3 Å². The first kappa shape index (κ1) is 11.0. The Morgan fingerprint density at radius 2 is 2.07 bits per heavy atom. The van der Waals surface area contributed by atoms with Gasteiger partial charge in [0.15, 0.2) is 0 Å². The van der Waals surface area contributed by atoms with Crippen LogP contribution in [0.4, 0.5) is 5.69 Å². The van der Waals surface area contributed by atoms with E-state index in [0.717, 1.165) is 5.69 Å². The van der Waals surface area contributed by atoms with Crippen molar-refractivity contribution in [1.82, 2.24) is 0 Å². The van der Waals surface area contributed by atoms with Crippen LogP contribution in [0.25, 0.3) is 0 Å². The molecule has 0 aliphatic heterocycles. The van der Waals surface area contributed by atoms with Crippen molar-refractivity contribution in [1.29, 1.82) is 0 Å². The number of anilines is 1. The van der Waals surface area contributed by atoms with Gasteiger partial charge in [0.2, 0.25) is 0 Å². The van der Waals surface area contributed by atoms with Gasteiger partial charge in [0.25, 0.3) is 0 Å². The number of hydrogen-bond donors (Lipinski definition) is 2. The number of rotatable bonds is 4. The summed E-state index contributed by atoms with van der Waals surface area (Å²) in [6.45, 7) is 4.89. The van der Waals surface area contributed by atoms with Crippen LogP contribution in [0.3, 0.4) is 0 Å². The quantitative estimate of drug-likeness (QED) is 0.747. The molecule has 1 rings (SSSR count). The number of hydrogen-bond acceptors (Lipinski definition) is 2. The molecule has 14 heavy (non-hydrogen) atoms. The zero-order valence-corrected chi connectivity index (χ0v) is 9.40. The van der Waals surface area contributed by atoms with Crippen molar-refractivity contribution in [3.05, 3.63) is 29.8 Å². The molecule has 0 aliphatic carbocycles. The summed E-state index contributed by atoms with van der Waals surface area (Å²) < 4.78 is 0. The topological polar surface area (TPSA) is 38.0 Å². The van der Waals surface area contributed by atoms with Crippen LogP contribution < -0.4 is 11.1 Å². The van der Waals surface area contributed by atoms with Gasteiger partial charge < -0.3 is 11.1 Å². The number of thiocarbonyl (C=S) groups is 1. The van der Waals surface area contributed by atoms with Crippen LogP contribution in [0, 0.1) is 0 Å². The maximum Gasteiger partial charge on any atom is 0.0921 e. The number of nitrogens with two attached hydrogens (primary N) is 1. The van der Waals surface area contributed by atoms with Crippen molar-refractivity contribution < 1.29 is 0 Å². The fraction of sp³-hybridized carbons (Fsp3) is 0.364. The van der Waals surface area contributed by atoms with E-state index in [4.69, 9.17) is 18.0 Å². The predicted octanol–water partition coefficient (Wildman–Crippen LogP) is 2.51. The summed E-state index contributed by atoms with van der Waals surface area (Å²) in [7, 11) is 0. The second-order valence-electron chi connectivity index (χ2n) is 3.56. The first-order valence-corrected chi connectivity index (χ1v) is 5.13. The lowest BCUT2D eigenvalue weighted by molar-refractivity contribution is 0.868. The van der Waals surface area contributed by atoms with E-state index in [1.54, 1.807) is 0 Å². The van der Waals surface area contributed by atoms with Crippen LogP contribution in [0.5, 0.6) is 0 Å². The molecule has 0 amide bonds. The molecule has 0 fully saturated rings. The Morgan fingerprint density at radius 3 is 2.64 bits per heavy atom. The van der Waals surface area contributed by atoms with Crippen molar-refractivity contribution in [2.45, 2.75) is 19.8 Å². The molecule has 0 bridgehead atoms. The molecule has 0 radical (unpaired) electrons. The first-order chi connectivity index (χ1) is 6.61. The van der Waals surface area contributed by atoms with Crippen LogP contribution in [-0.4, -0.2) is 11.5 Å². The Hall–Kier alpha value is -1.09. The van der Waals surface area contributed by atoms with Crippen LogP contribution in [0.15, 0.2) is 24.3 Å². The molecule has 0 aliphatic rings. The molecule has 2 nitrogen and oxygen atoms in total. The molecule has 3 heteroatoms. The Morgan fingerprint density at radius 1 is 1.43 bits per heavy atom. The maximum absolute atomic E-state index is 5.44. The number of benzene rings is 1. The molecule has 0 heterocycles. The Balaban J connectivity index is 2.79. The third-order valence-corrected chi connectivity index (χ3v) is 2.18. The van der Waals surface area contributed by atoms with Gasteiger partial charge >= 0.3 is 0 Å². The van der Waals surface area contributed by atoms with Gasteiger partial charge in [0.1, 0.15) is 0 Å². The van der Waals surface area contributed by atoms with Crippen molar-refractivity contribution in [3.63, 3.8) is 0 Å². The van der Waals surface area contributed by atoms with E-state index in [1.165, 1.54) is 5.56 Å². The molecule has 0 saturated heterocycles. The Bertz CT molecular complexity index is 321. The highest BCUT2D eigenvalue weighted by Crippen LogP contribution is 2.23. The zero-order chi connectivity index (χ0) is 10.6. The third-order valence-electron chi connectivity index (χ3n) is 2.04. The molecule has 1 aromatic rings. The average molecular weight is 208 g/mol. The van der Waals surface area contributed by atoms with E-state index >= 15 is 0 Å². The van der Waals surface area contributed by atoms with Crippen molar-refractivity contribution in [2.24, 2.45) is 5.73 Å². The Labute approximate surface area is 90.5 Å². The van der Waals surface area contributed by atoms with Gasteiger partial charge in [-0.25, -0.2) is 0 Å². The van der Waals surface area contributed by atoms with Gasteiger partial charge in [0.05, 0.1) is 11.5 Å². The maximum atomic E-state index is 5.44. The molecule has 0 unspecified atom stereocenters. The van der Waals surface area contributed by atoms with E-state index in [0.29, 0.717) is 17.5 Å². The summed E-state index contributed by atoms with van der Waals surface area (Å²) in [4.78, 5) is 0.489. The summed E-state index contributed by atoms with van der Waals surface area (Å²) in [5.74, 6) is 0.505. The second-order valence-corrected chi connectivity index (χ2v) is 4.09. The van der Waals surface area contributed by atoms with Crippen LogP contribution in [-0.2, 0) is 0 Å². The van der Waals surface area contributed by atoms with Gasteiger partial charge in [-0.2, -0.15) is 0 Å². The molecule has 1 aromatic carbocycles. The van der Waals surface area contributed by atoms with Gasteiger partial charge in [-0.05, 0) is 17.5 Å². The first-order valence-electron chi connectivity index (χ1n) is 4.72. The van der Waals surface area contributed by atoms with Crippen molar-refractivity contribution >= 4 is 22.9 Å². The van der Waals surface area contributed by atoms with E-state index in [1.807, 2.05) is 18.2 Å². The summed E-state index contributed by atoms with van der Waals surface area (Å²) in [5, 5.41) is 3.23. The standard InChI is InChI=1S/C11H16N2S/c1-8(2)9-5-3-4-6-10(9)13-7-11(12)14/h3-6,8,13H,7H2,1-2H3,(H2,12,14). The van der Waals surface area contributed by atoms with Crippen molar-refractivity contribution in [3.8, 4) is 0 Å². The minimum Gasteiger partial charge on any atom is -0.392 e. The SMILES string of the molecule is CC(C)c1ccccc1NCC(N)=S. The highest BCUT2D eigenvalue weighted by Gasteiger charge is 2.04. The number of nitrogens with one attached hydrogen (secondary N) is 1. The van der Waals surface area contributed by atoms with Crippen molar-refractivity contribution in [2.75, 3.05) is 11.9 Å². The molecule has 0 saturated carbocycles. The third kappa shape index (κ3) is 3.00. The molecule has 3 N–H and O–H groups in total. The van der Waals surface area contributed by atoms with Crippen LogP contribution >= 0.6 is 12.2 Å². The zero-order valence-electron chi connectivity index (χ0n) is 8.58. The average Bonchev–Trinajstić information content (AvgIpc) is 2.15. The second kappa shape index (κ2) is 4.96. The van der Waals surface area contributed by atoms with Gasteiger partial charge in [-0.1, -0.05) is 44.3 Å². The van der Waals surface area contributed by atoms with Gasteiger partial charge in [0, 0.05) is 5.69 Å². The largest absolute Gasteiger partial charge is 0.392 e. The summed E-state index contributed by atoms with van der Waals surface area (Å²) in [6, 6.07) is 8.22. The summed E-state index contributed by atoms with van der Waals surface area (Å²) in [5.41, 5.74) is 7.85. The molecular weight excluding hydrogens is 192 g/mol. The smallest absolute Gasteiger partial charge is 0.0921 e. The summed E-state index contributed by atoms with van der Waals surface area (Å²) in [6.07, 6.45) is 0. The lowest BCUT2D eigenvalue weighted by atomic mass is 10.0. The lowest BCUT2D eigenvalue weighted by Gasteiger charge is -2.13. The molecule has 0 atom stereocenters. The Kier molecular flexibility index (Phi) is 3.89. The van der Waals surface area contributed by atoms with Gasteiger partial charge in [-0.3, -0.25) is 0 Å². The van der Waals surface area contributed by atoms with E-state index in [-0.39, 0.29) is 0 Å². The van der Waals surface area contributed by atoms with E-state index in [9.17, 15) is 0 Å². The number of para-hydroxylation sites is 1. The summed E-state index contributed by atoms with van der Waals surface area (Å²) >= 11 is 4.82. The fourth-order valence-electron chi connectivity index (χ4n) is 1.34. The minimum absolute atomic E-state index is 0.489.